The molecule has 1 unspecified atom stereocenters. The summed E-state index contributed by atoms with van der Waals surface area (Å²) in [5, 5.41) is 0.611. The van der Waals surface area contributed by atoms with Crippen molar-refractivity contribution in [1.29, 1.82) is 0 Å². The number of aromatic amines is 2. The highest BCUT2D eigenvalue weighted by Gasteiger charge is 2.33. The van der Waals surface area contributed by atoms with Gasteiger partial charge in [0.25, 0.3) is 11.8 Å². The van der Waals surface area contributed by atoms with Gasteiger partial charge >= 0.3 is 0 Å². The molecule has 2 N–H and O–H groups in total. The van der Waals surface area contributed by atoms with E-state index in [4.69, 9.17) is 21.6 Å². The molecule has 6 aromatic rings. The van der Waals surface area contributed by atoms with Crippen LogP contribution in [-0.4, -0.2) is 64.6 Å². The molecule has 0 aliphatic carbocycles. The van der Waals surface area contributed by atoms with Crippen molar-refractivity contribution in [2.75, 3.05) is 13.1 Å². The van der Waals surface area contributed by atoms with Crippen LogP contribution in [0, 0.1) is 12.7 Å². The van der Waals surface area contributed by atoms with E-state index in [1.165, 1.54) is 6.07 Å². The summed E-state index contributed by atoms with van der Waals surface area (Å²) in [7, 11) is 0. The van der Waals surface area contributed by atoms with Crippen LogP contribution in [0.25, 0.3) is 33.3 Å². The summed E-state index contributed by atoms with van der Waals surface area (Å²) < 4.78 is 14.2. The molecular weight excluding hydrogens is 619 g/mol. The highest BCUT2D eigenvalue weighted by Crippen LogP contribution is 2.35. The second-order valence-corrected chi connectivity index (χ2v) is 12.6. The molecule has 47 heavy (non-hydrogen) atoms. The first-order valence-electron chi connectivity index (χ1n) is 15.6. The van der Waals surface area contributed by atoms with E-state index in [9.17, 15) is 14.0 Å². The summed E-state index contributed by atoms with van der Waals surface area (Å²) in [6.07, 6.45) is 3.02. The number of benzene rings is 2. The Labute approximate surface area is 274 Å². The number of hydrogen-bond acceptors (Lipinski definition) is 6. The monoisotopic (exact) mass is 648 g/mol. The second kappa shape index (κ2) is 11.0. The molecule has 0 saturated carbocycles. The van der Waals surface area contributed by atoms with Gasteiger partial charge in [0.15, 0.2) is 17.5 Å². The van der Waals surface area contributed by atoms with Crippen LogP contribution in [0.3, 0.4) is 0 Å². The zero-order valence-corrected chi connectivity index (χ0v) is 26.7. The molecule has 8 rings (SSSR count). The van der Waals surface area contributed by atoms with Gasteiger partial charge in [-0.3, -0.25) is 19.6 Å². The van der Waals surface area contributed by atoms with Crippen molar-refractivity contribution in [3.05, 3.63) is 105 Å². The molecule has 2 aliphatic heterocycles. The van der Waals surface area contributed by atoms with Crippen LogP contribution in [-0.2, 0) is 12.8 Å². The van der Waals surface area contributed by atoms with E-state index in [-0.39, 0.29) is 35.2 Å². The van der Waals surface area contributed by atoms with Crippen LogP contribution >= 0.6 is 11.6 Å². The lowest BCUT2D eigenvalue weighted by Gasteiger charge is -2.35. The molecule has 2 aromatic carbocycles. The Bertz CT molecular complexity index is 2260. The van der Waals surface area contributed by atoms with E-state index < -0.39 is 5.82 Å². The molecule has 12 heteroatoms. The van der Waals surface area contributed by atoms with Crippen molar-refractivity contribution < 1.29 is 14.0 Å². The van der Waals surface area contributed by atoms with Gasteiger partial charge in [-0.25, -0.2) is 14.4 Å². The van der Waals surface area contributed by atoms with Crippen molar-refractivity contribution in [2.45, 2.75) is 45.7 Å². The fourth-order valence-corrected chi connectivity index (χ4v) is 7.02. The first-order valence-corrected chi connectivity index (χ1v) is 16.0. The van der Waals surface area contributed by atoms with Crippen molar-refractivity contribution in [3.63, 3.8) is 0 Å². The van der Waals surface area contributed by atoms with E-state index in [2.05, 4.69) is 26.0 Å². The highest BCUT2D eigenvalue weighted by molar-refractivity contribution is 6.32. The summed E-state index contributed by atoms with van der Waals surface area (Å²) in [6, 6.07) is 13.8. The van der Waals surface area contributed by atoms with E-state index in [0.29, 0.717) is 47.8 Å². The molecule has 0 radical (unpaired) electrons. The molecule has 2 aliphatic rings. The molecular formula is C35H30ClFN8O2. The molecule has 2 atom stereocenters. The number of pyridine rings is 2. The number of fused-ring (bicyclic) bond motifs is 4. The van der Waals surface area contributed by atoms with Crippen LogP contribution in [0.2, 0.25) is 5.02 Å². The van der Waals surface area contributed by atoms with E-state index >= 15 is 0 Å². The van der Waals surface area contributed by atoms with Gasteiger partial charge in [-0.15, -0.1) is 0 Å². The maximum absolute atomic E-state index is 14.2. The summed E-state index contributed by atoms with van der Waals surface area (Å²) >= 11 is 6.27. The Morgan fingerprint density at radius 3 is 2.21 bits per heavy atom. The van der Waals surface area contributed by atoms with Crippen LogP contribution in [0.15, 0.2) is 54.7 Å². The van der Waals surface area contributed by atoms with Gasteiger partial charge < -0.3 is 19.8 Å². The van der Waals surface area contributed by atoms with Gasteiger partial charge in [-0.2, -0.15) is 0 Å². The number of carbonyl (C=O) groups is 2. The quantitative estimate of drug-likeness (QED) is 0.225. The average Bonchev–Trinajstić information content (AvgIpc) is 3.72. The van der Waals surface area contributed by atoms with E-state index in [1.807, 2.05) is 50.1 Å². The van der Waals surface area contributed by atoms with Gasteiger partial charge in [-0.05, 0) is 73.9 Å². The fraction of sp³-hybridized carbons (Fsp3) is 0.257. The normalized spacial score (nSPS) is 17.6. The number of imidazole rings is 2. The summed E-state index contributed by atoms with van der Waals surface area (Å²) in [4.78, 5) is 55.4. The molecule has 2 amide bonds. The Kier molecular flexibility index (Phi) is 6.83. The largest absolute Gasteiger partial charge is 0.334 e. The standard InChI is InChI=1S/C35H30ClFN8O2/c1-17-23(36)8-10-29-30(17)42-32(41-29)34(46)44-14-12-27-21(18(44)2)7-9-25(39-27)20-15-22-19(3)45(13-11-26(22)38-16-20)35(47)33-40-28-6-4-5-24(37)31(28)43-33/h4-10,15-16,18-19H,11-14H2,1-3H3,(H,40,43)(H,41,42)/t18-,19?/m1/s1. The number of amides is 2. The lowest BCUT2D eigenvalue weighted by atomic mass is 9.94. The van der Waals surface area contributed by atoms with Crippen LogP contribution in [0.4, 0.5) is 4.39 Å². The Morgan fingerprint density at radius 2 is 1.49 bits per heavy atom. The first-order chi connectivity index (χ1) is 22.7. The average molecular weight is 649 g/mol. The number of rotatable bonds is 3. The van der Waals surface area contributed by atoms with Crippen molar-refractivity contribution >= 4 is 45.5 Å². The number of aryl methyl sites for hydroxylation is 1. The number of nitrogens with zero attached hydrogens (tertiary/aromatic N) is 6. The predicted molar refractivity (Wildman–Crippen MR) is 176 cm³/mol. The van der Waals surface area contributed by atoms with E-state index in [1.54, 1.807) is 23.1 Å². The lowest BCUT2D eigenvalue weighted by Crippen LogP contribution is -2.40. The van der Waals surface area contributed by atoms with Gasteiger partial charge in [0, 0.05) is 54.1 Å². The van der Waals surface area contributed by atoms with Crippen molar-refractivity contribution in [2.24, 2.45) is 0 Å². The zero-order chi connectivity index (χ0) is 32.6. The number of H-pyrrole nitrogens is 2. The summed E-state index contributed by atoms with van der Waals surface area (Å²) in [6.45, 7) is 6.85. The van der Waals surface area contributed by atoms with Gasteiger partial charge in [-0.1, -0.05) is 23.7 Å². The molecule has 6 heterocycles. The number of halogens is 2. The van der Waals surface area contributed by atoms with Gasteiger partial charge in [0.2, 0.25) is 0 Å². The second-order valence-electron chi connectivity index (χ2n) is 12.2. The van der Waals surface area contributed by atoms with Gasteiger partial charge in [0.05, 0.1) is 34.3 Å². The Morgan fingerprint density at radius 1 is 0.830 bits per heavy atom. The Balaban J connectivity index is 1.04. The highest BCUT2D eigenvalue weighted by atomic mass is 35.5. The molecule has 0 fully saturated rings. The molecule has 0 saturated heterocycles. The number of carbonyl (C=O) groups excluding carboxylic acids is 2. The number of nitrogens with one attached hydrogen (secondary N) is 2. The minimum absolute atomic E-state index is 0.113. The third-order valence-electron chi connectivity index (χ3n) is 9.55. The minimum atomic E-state index is -0.470. The smallest absolute Gasteiger partial charge is 0.290 e. The third kappa shape index (κ3) is 4.75. The van der Waals surface area contributed by atoms with Gasteiger partial charge in [0.1, 0.15) is 5.52 Å². The first kappa shape index (κ1) is 29.3. The SMILES string of the molecule is Cc1c(Cl)ccc2[nH]c(C(=O)N3CCc4nc(-c5cnc6c(c5)C(C)N(C(=O)c5nc7c(F)cccc7[nH]5)CC6)ccc4[C@H]3C)nc12. The van der Waals surface area contributed by atoms with E-state index in [0.717, 1.165) is 44.9 Å². The van der Waals surface area contributed by atoms with Crippen LogP contribution in [0.1, 0.15) is 75.2 Å². The van der Waals surface area contributed by atoms with Crippen LogP contribution in [0.5, 0.6) is 0 Å². The Hall–Kier alpha value is -5.16. The topological polar surface area (TPSA) is 124 Å². The minimum Gasteiger partial charge on any atom is -0.334 e. The maximum atomic E-state index is 14.2. The fourth-order valence-electron chi connectivity index (χ4n) is 6.86. The molecule has 10 nitrogen and oxygen atoms in total. The lowest BCUT2D eigenvalue weighted by molar-refractivity contribution is 0.0657. The van der Waals surface area contributed by atoms with Crippen molar-refractivity contribution in [3.8, 4) is 11.3 Å². The van der Waals surface area contributed by atoms with Crippen molar-refractivity contribution in [1.82, 2.24) is 39.7 Å². The molecule has 4 aromatic heterocycles. The third-order valence-corrected chi connectivity index (χ3v) is 9.96. The number of para-hydroxylation sites is 1. The summed E-state index contributed by atoms with van der Waals surface area (Å²) in [5.74, 6) is -0.520. The van der Waals surface area contributed by atoms with Crippen LogP contribution < -0.4 is 0 Å². The molecule has 0 bridgehead atoms. The predicted octanol–water partition coefficient (Wildman–Crippen LogP) is 6.52. The maximum Gasteiger partial charge on any atom is 0.290 e. The molecule has 236 valence electrons. The number of hydrogen-bond donors (Lipinski definition) is 2. The summed E-state index contributed by atoms with van der Waals surface area (Å²) in [5.41, 5.74) is 8.37. The zero-order valence-electron chi connectivity index (χ0n) is 25.9. The molecule has 0 spiro atoms. The number of aromatic nitrogens is 6.